The van der Waals surface area contributed by atoms with Crippen LogP contribution in [0, 0.1) is 13.8 Å². The van der Waals surface area contributed by atoms with Crippen molar-refractivity contribution in [2.24, 2.45) is 5.73 Å². The van der Waals surface area contributed by atoms with Crippen LogP contribution in [-0.2, 0) is 0 Å². The molecule has 2 aromatic heterocycles. The lowest BCUT2D eigenvalue weighted by Gasteiger charge is -2.06. The van der Waals surface area contributed by atoms with Crippen molar-refractivity contribution in [3.8, 4) is 0 Å². The quantitative estimate of drug-likeness (QED) is 0.843. The van der Waals surface area contributed by atoms with Crippen LogP contribution in [0.25, 0.3) is 0 Å². The summed E-state index contributed by atoms with van der Waals surface area (Å²) in [6, 6.07) is 6.98. The lowest BCUT2D eigenvalue weighted by atomic mass is 10.2. The highest BCUT2D eigenvalue weighted by Crippen LogP contribution is 2.10. The Bertz CT molecular complexity index is 647. The molecule has 0 saturated heterocycles. The van der Waals surface area contributed by atoms with Crippen molar-refractivity contribution in [2.45, 2.75) is 13.8 Å². The van der Waals surface area contributed by atoms with E-state index >= 15 is 0 Å². The van der Waals surface area contributed by atoms with Crippen LogP contribution >= 0.6 is 12.2 Å². The number of aryl methyl sites for hydroxylation is 2. The monoisotopic (exact) mass is 286 g/mol. The molecule has 0 aliphatic rings. The van der Waals surface area contributed by atoms with E-state index in [1.807, 2.05) is 19.9 Å². The molecule has 0 fully saturated rings. The largest absolute Gasteiger partial charge is 0.389 e. The molecule has 0 unspecified atom stereocenters. The Morgan fingerprint density at radius 3 is 2.60 bits per heavy atom. The van der Waals surface area contributed by atoms with E-state index in [0.29, 0.717) is 11.4 Å². The number of nitrogens with zero attached hydrogens (tertiary/aromatic N) is 2. The summed E-state index contributed by atoms with van der Waals surface area (Å²) in [5, 5.41) is 2.71. The maximum absolute atomic E-state index is 12.0. The lowest BCUT2D eigenvalue weighted by Crippen LogP contribution is -2.16. The number of nitrogens with two attached hydrogens (primary N) is 1. The van der Waals surface area contributed by atoms with Gasteiger partial charge in [0.2, 0.25) is 0 Å². The summed E-state index contributed by atoms with van der Waals surface area (Å²) in [6.45, 7) is 3.82. The van der Waals surface area contributed by atoms with Crippen LogP contribution in [0.1, 0.15) is 27.3 Å². The molecule has 102 valence electrons. The van der Waals surface area contributed by atoms with Gasteiger partial charge in [0.1, 0.15) is 16.5 Å². The molecule has 0 spiro atoms. The highest BCUT2D eigenvalue weighted by atomic mass is 32.1. The van der Waals surface area contributed by atoms with Gasteiger partial charge in [-0.05, 0) is 43.7 Å². The fourth-order valence-electron chi connectivity index (χ4n) is 1.76. The number of hydrogen-bond acceptors (Lipinski definition) is 4. The van der Waals surface area contributed by atoms with Gasteiger partial charge in [-0.2, -0.15) is 0 Å². The van der Waals surface area contributed by atoms with Crippen molar-refractivity contribution >= 4 is 28.9 Å². The summed E-state index contributed by atoms with van der Waals surface area (Å²) in [6.07, 6.45) is 1.48. The predicted octanol–water partition coefficient (Wildman–Crippen LogP) is 1.98. The zero-order valence-corrected chi connectivity index (χ0v) is 12.0. The van der Waals surface area contributed by atoms with E-state index in [-0.39, 0.29) is 16.6 Å². The van der Waals surface area contributed by atoms with Crippen LogP contribution in [0.5, 0.6) is 0 Å². The van der Waals surface area contributed by atoms with Crippen LogP contribution < -0.4 is 11.1 Å². The van der Waals surface area contributed by atoms with Crippen LogP contribution in [0.3, 0.4) is 0 Å². The molecule has 0 aromatic carbocycles. The second-order valence-electron chi connectivity index (χ2n) is 4.42. The Balaban J connectivity index is 2.17. The Morgan fingerprint density at radius 1 is 1.30 bits per heavy atom. The first kappa shape index (κ1) is 14.1. The van der Waals surface area contributed by atoms with Gasteiger partial charge in [-0.1, -0.05) is 12.2 Å². The number of anilines is 1. The van der Waals surface area contributed by atoms with Gasteiger partial charge in [0.25, 0.3) is 5.91 Å². The molecule has 0 radical (unpaired) electrons. The van der Waals surface area contributed by atoms with Crippen molar-refractivity contribution < 1.29 is 4.79 Å². The lowest BCUT2D eigenvalue weighted by molar-refractivity contribution is 0.102. The van der Waals surface area contributed by atoms with Gasteiger partial charge in [0, 0.05) is 17.5 Å². The zero-order chi connectivity index (χ0) is 14.7. The van der Waals surface area contributed by atoms with Crippen molar-refractivity contribution in [1.29, 1.82) is 0 Å². The maximum atomic E-state index is 12.0. The third-order valence-corrected chi connectivity index (χ3v) is 2.86. The molecule has 2 heterocycles. The Kier molecular flexibility index (Phi) is 4.05. The minimum Gasteiger partial charge on any atom is -0.389 e. The Hall–Kier alpha value is -2.34. The molecular formula is C14H14N4OS. The second kappa shape index (κ2) is 5.75. The van der Waals surface area contributed by atoms with Gasteiger partial charge in [-0.3, -0.25) is 9.78 Å². The average molecular weight is 286 g/mol. The molecule has 0 atom stereocenters. The van der Waals surface area contributed by atoms with Gasteiger partial charge in [-0.25, -0.2) is 4.98 Å². The van der Waals surface area contributed by atoms with E-state index < -0.39 is 0 Å². The van der Waals surface area contributed by atoms with Crippen molar-refractivity contribution in [3.05, 3.63) is 53.0 Å². The fraction of sp³-hybridized carbons (Fsp3) is 0.143. The SMILES string of the molecule is Cc1cc(C)nc(NC(=O)c2ccc(C(N)=S)cn2)c1. The number of carbonyl (C=O) groups is 1. The molecular weight excluding hydrogens is 272 g/mol. The molecule has 6 heteroatoms. The topological polar surface area (TPSA) is 80.9 Å². The summed E-state index contributed by atoms with van der Waals surface area (Å²) in [5.74, 6) is 0.185. The number of pyridine rings is 2. The molecule has 3 N–H and O–H groups in total. The average Bonchev–Trinajstić information content (AvgIpc) is 2.37. The highest BCUT2D eigenvalue weighted by Gasteiger charge is 2.09. The van der Waals surface area contributed by atoms with Crippen molar-refractivity contribution in [1.82, 2.24) is 9.97 Å². The fourth-order valence-corrected chi connectivity index (χ4v) is 1.88. The molecule has 0 aliphatic heterocycles. The third-order valence-electron chi connectivity index (χ3n) is 2.62. The summed E-state index contributed by atoms with van der Waals surface area (Å²) in [4.78, 5) is 20.6. The van der Waals surface area contributed by atoms with Gasteiger partial charge in [0.05, 0.1) is 0 Å². The van der Waals surface area contributed by atoms with E-state index in [1.165, 1.54) is 6.20 Å². The smallest absolute Gasteiger partial charge is 0.275 e. The Morgan fingerprint density at radius 2 is 2.05 bits per heavy atom. The molecule has 5 nitrogen and oxygen atoms in total. The summed E-state index contributed by atoms with van der Waals surface area (Å²) < 4.78 is 0. The number of thiocarbonyl (C=S) groups is 1. The number of carbonyl (C=O) groups excluding carboxylic acids is 1. The molecule has 0 saturated carbocycles. The minimum absolute atomic E-state index is 0.250. The number of aromatic nitrogens is 2. The second-order valence-corrected chi connectivity index (χ2v) is 4.86. The standard InChI is InChI=1S/C14H14N4OS/c1-8-5-9(2)17-12(6-8)18-14(19)11-4-3-10(7-16-11)13(15)20/h3-7H,1-2H3,(H2,15,20)(H,17,18,19). The van der Waals surface area contributed by atoms with E-state index in [9.17, 15) is 4.79 Å². The summed E-state index contributed by atoms with van der Waals surface area (Å²) >= 11 is 4.83. The van der Waals surface area contributed by atoms with Gasteiger partial charge in [-0.15, -0.1) is 0 Å². The normalized spacial score (nSPS) is 10.1. The highest BCUT2D eigenvalue weighted by molar-refractivity contribution is 7.80. The van der Waals surface area contributed by atoms with E-state index in [4.69, 9.17) is 18.0 Å². The summed E-state index contributed by atoms with van der Waals surface area (Å²) in [5.41, 5.74) is 8.26. The third kappa shape index (κ3) is 3.36. The van der Waals surface area contributed by atoms with E-state index in [2.05, 4.69) is 15.3 Å². The van der Waals surface area contributed by atoms with Crippen molar-refractivity contribution in [3.63, 3.8) is 0 Å². The number of rotatable bonds is 3. The van der Waals surface area contributed by atoms with Crippen molar-refractivity contribution in [2.75, 3.05) is 5.32 Å². The molecule has 0 bridgehead atoms. The van der Waals surface area contributed by atoms with E-state index in [0.717, 1.165) is 11.3 Å². The van der Waals surface area contributed by atoms with Crippen LogP contribution in [0.15, 0.2) is 30.5 Å². The molecule has 1 amide bonds. The number of nitrogens with one attached hydrogen (secondary N) is 1. The molecule has 2 rings (SSSR count). The molecule has 20 heavy (non-hydrogen) atoms. The predicted molar refractivity (Wildman–Crippen MR) is 81.8 cm³/mol. The Labute approximate surface area is 122 Å². The number of hydrogen-bond donors (Lipinski definition) is 2. The van der Waals surface area contributed by atoms with Gasteiger partial charge >= 0.3 is 0 Å². The maximum Gasteiger partial charge on any atom is 0.275 e. The zero-order valence-electron chi connectivity index (χ0n) is 11.2. The number of amides is 1. The molecule has 2 aromatic rings. The first-order valence-corrected chi connectivity index (χ1v) is 6.39. The van der Waals surface area contributed by atoms with Crippen LogP contribution in [-0.4, -0.2) is 20.9 Å². The van der Waals surface area contributed by atoms with Gasteiger partial charge < -0.3 is 11.1 Å². The van der Waals surface area contributed by atoms with E-state index in [1.54, 1.807) is 18.2 Å². The van der Waals surface area contributed by atoms with Crippen LogP contribution in [0.4, 0.5) is 5.82 Å². The minimum atomic E-state index is -0.322. The van der Waals surface area contributed by atoms with Gasteiger partial charge in [0.15, 0.2) is 0 Å². The first-order chi connectivity index (χ1) is 9.45. The first-order valence-electron chi connectivity index (χ1n) is 5.98. The summed E-state index contributed by atoms with van der Waals surface area (Å²) in [7, 11) is 0. The van der Waals surface area contributed by atoms with Crippen LogP contribution in [0.2, 0.25) is 0 Å². The molecule has 0 aliphatic carbocycles.